The summed E-state index contributed by atoms with van der Waals surface area (Å²) in [7, 11) is 0. The van der Waals surface area contributed by atoms with Crippen LogP contribution in [-0.4, -0.2) is 36.5 Å². The van der Waals surface area contributed by atoms with Crippen LogP contribution in [-0.2, 0) is 0 Å². The molecular weight excluding hydrogens is 252 g/mol. The van der Waals surface area contributed by atoms with E-state index < -0.39 is 5.91 Å². The van der Waals surface area contributed by atoms with Crippen LogP contribution < -0.4 is 16.8 Å². The molecule has 1 atom stereocenters. The SMILES string of the molecule is CC(C)N1CCC(CNc2c(N)cccc2C(N)=O)C1. The van der Waals surface area contributed by atoms with E-state index in [-0.39, 0.29) is 0 Å². The Morgan fingerprint density at radius 3 is 2.85 bits per heavy atom. The molecule has 1 fully saturated rings. The molecule has 1 heterocycles. The van der Waals surface area contributed by atoms with Crippen molar-refractivity contribution in [1.29, 1.82) is 0 Å². The third kappa shape index (κ3) is 3.22. The van der Waals surface area contributed by atoms with Crippen LogP contribution >= 0.6 is 0 Å². The molecule has 0 aromatic heterocycles. The van der Waals surface area contributed by atoms with Crippen molar-refractivity contribution in [3.8, 4) is 0 Å². The van der Waals surface area contributed by atoms with E-state index in [1.165, 1.54) is 6.42 Å². The lowest BCUT2D eigenvalue weighted by atomic mass is 10.1. The van der Waals surface area contributed by atoms with Crippen molar-refractivity contribution in [1.82, 2.24) is 4.90 Å². The minimum atomic E-state index is -0.449. The Bertz CT molecular complexity index is 487. The number of rotatable bonds is 5. The van der Waals surface area contributed by atoms with Gasteiger partial charge in [0.05, 0.1) is 16.9 Å². The fourth-order valence-corrected chi connectivity index (χ4v) is 2.72. The van der Waals surface area contributed by atoms with Gasteiger partial charge >= 0.3 is 0 Å². The van der Waals surface area contributed by atoms with Gasteiger partial charge in [-0.3, -0.25) is 4.79 Å². The fourth-order valence-electron chi connectivity index (χ4n) is 2.72. The van der Waals surface area contributed by atoms with Gasteiger partial charge in [-0.05, 0) is 44.9 Å². The molecule has 5 nitrogen and oxygen atoms in total. The first-order valence-electron chi connectivity index (χ1n) is 7.15. The molecule has 5 heteroatoms. The first kappa shape index (κ1) is 14.7. The second-order valence-corrected chi connectivity index (χ2v) is 5.76. The molecule has 0 spiro atoms. The average molecular weight is 276 g/mol. The lowest BCUT2D eigenvalue weighted by Crippen LogP contribution is -2.29. The Labute approximate surface area is 120 Å². The summed E-state index contributed by atoms with van der Waals surface area (Å²) >= 11 is 0. The standard InChI is InChI=1S/C15H24N4O/c1-10(2)19-7-6-11(9-19)8-18-14-12(15(17)20)4-3-5-13(14)16/h3-5,10-11,18H,6-9,16H2,1-2H3,(H2,17,20). The van der Waals surface area contributed by atoms with Gasteiger partial charge in [-0.15, -0.1) is 0 Å². The Morgan fingerprint density at radius 1 is 1.50 bits per heavy atom. The second kappa shape index (κ2) is 6.13. The minimum Gasteiger partial charge on any atom is -0.397 e. The van der Waals surface area contributed by atoms with E-state index >= 15 is 0 Å². The molecule has 1 aromatic rings. The van der Waals surface area contributed by atoms with E-state index in [1.54, 1.807) is 18.2 Å². The van der Waals surface area contributed by atoms with Crippen molar-refractivity contribution in [3.63, 3.8) is 0 Å². The van der Waals surface area contributed by atoms with E-state index in [4.69, 9.17) is 11.5 Å². The molecule has 110 valence electrons. The van der Waals surface area contributed by atoms with E-state index in [9.17, 15) is 4.79 Å². The maximum Gasteiger partial charge on any atom is 0.250 e. The van der Waals surface area contributed by atoms with Gasteiger partial charge in [0.1, 0.15) is 0 Å². The van der Waals surface area contributed by atoms with Crippen molar-refractivity contribution in [2.75, 3.05) is 30.7 Å². The molecular formula is C15H24N4O. The zero-order valence-electron chi connectivity index (χ0n) is 12.2. The topological polar surface area (TPSA) is 84.4 Å². The molecule has 2 rings (SSSR count). The van der Waals surface area contributed by atoms with Crippen LogP contribution in [0, 0.1) is 5.92 Å². The zero-order valence-corrected chi connectivity index (χ0v) is 12.2. The molecule has 0 radical (unpaired) electrons. The largest absolute Gasteiger partial charge is 0.397 e. The summed E-state index contributed by atoms with van der Waals surface area (Å²) < 4.78 is 0. The molecule has 0 saturated carbocycles. The molecule has 1 aromatic carbocycles. The maximum atomic E-state index is 11.4. The lowest BCUT2D eigenvalue weighted by Gasteiger charge is -2.21. The number of nitrogens with zero attached hydrogens (tertiary/aromatic N) is 1. The number of amides is 1. The number of carbonyl (C=O) groups excluding carboxylic acids is 1. The van der Waals surface area contributed by atoms with E-state index in [0.717, 1.165) is 19.6 Å². The molecule has 0 aliphatic carbocycles. The Morgan fingerprint density at radius 2 is 2.25 bits per heavy atom. The second-order valence-electron chi connectivity index (χ2n) is 5.76. The van der Waals surface area contributed by atoms with Gasteiger partial charge < -0.3 is 21.7 Å². The number of carbonyl (C=O) groups is 1. The summed E-state index contributed by atoms with van der Waals surface area (Å²) in [5, 5.41) is 3.31. The van der Waals surface area contributed by atoms with Crippen LogP contribution in [0.15, 0.2) is 18.2 Å². The molecule has 1 saturated heterocycles. The molecule has 5 N–H and O–H groups in total. The minimum absolute atomic E-state index is 0.449. The third-order valence-corrected chi connectivity index (χ3v) is 3.98. The predicted molar refractivity (Wildman–Crippen MR) is 82.7 cm³/mol. The van der Waals surface area contributed by atoms with Gasteiger partial charge in [0.25, 0.3) is 5.91 Å². The highest BCUT2D eigenvalue weighted by molar-refractivity contribution is 6.01. The summed E-state index contributed by atoms with van der Waals surface area (Å²) in [6, 6.07) is 5.82. The monoisotopic (exact) mass is 276 g/mol. The summed E-state index contributed by atoms with van der Waals surface area (Å²) in [6.07, 6.45) is 1.17. The van der Waals surface area contributed by atoms with E-state index in [0.29, 0.717) is 28.9 Å². The number of hydrogen-bond acceptors (Lipinski definition) is 4. The number of nitrogens with two attached hydrogens (primary N) is 2. The highest BCUT2D eigenvalue weighted by atomic mass is 16.1. The van der Waals surface area contributed by atoms with Crippen LogP contribution in [0.2, 0.25) is 0 Å². The summed E-state index contributed by atoms with van der Waals surface area (Å²) in [6.45, 7) is 7.48. The van der Waals surface area contributed by atoms with Gasteiger partial charge in [0.2, 0.25) is 0 Å². The van der Waals surface area contributed by atoms with Gasteiger partial charge in [-0.1, -0.05) is 6.07 Å². The van der Waals surface area contributed by atoms with Crippen LogP contribution in [0.1, 0.15) is 30.6 Å². The van der Waals surface area contributed by atoms with Crippen LogP contribution in [0.4, 0.5) is 11.4 Å². The highest BCUT2D eigenvalue weighted by Gasteiger charge is 2.24. The van der Waals surface area contributed by atoms with E-state index in [1.807, 2.05) is 0 Å². The van der Waals surface area contributed by atoms with Crippen LogP contribution in [0.3, 0.4) is 0 Å². The molecule has 0 bridgehead atoms. The number of primary amides is 1. The number of anilines is 2. The first-order chi connectivity index (χ1) is 9.49. The summed E-state index contributed by atoms with van der Waals surface area (Å²) in [4.78, 5) is 13.9. The van der Waals surface area contributed by atoms with Crippen LogP contribution in [0.25, 0.3) is 0 Å². The number of hydrogen-bond donors (Lipinski definition) is 3. The average Bonchev–Trinajstić information content (AvgIpc) is 2.86. The number of para-hydroxylation sites is 1. The fraction of sp³-hybridized carbons (Fsp3) is 0.533. The zero-order chi connectivity index (χ0) is 14.7. The van der Waals surface area contributed by atoms with E-state index in [2.05, 4.69) is 24.1 Å². The van der Waals surface area contributed by atoms with Gasteiger partial charge in [-0.2, -0.15) is 0 Å². The van der Waals surface area contributed by atoms with Crippen molar-refractivity contribution >= 4 is 17.3 Å². The quantitative estimate of drug-likeness (QED) is 0.712. The van der Waals surface area contributed by atoms with Crippen molar-refractivity contribution in [2.24, 2.45) is 11.7 Å². The Hall–Kier alpha value is -1.75. The normalized spacial score (nSPS) is 19.4. The highest BCUT2D eigenvalue weighted by Crippen LogP contribution is 2.25. The van der Waals surface area contributed by atoms with Crippen molar-refractivity contribution in [2.45, 2.75) is 26.3 Å². The molecule has 1 unspecified atom stereocenters. The van der Waals surface area contributed by atoms with Crippen LogP contribution in [0.5, 0.6) is 0 Å². The number of benzene rings is 1. The third-order valence-electron chi connectivity index (χ3n) is 3.98. The molecule has 20 heavy (non-hydrogen) atoms. The number of nitrogen functional groups attached to an aromatic ring is 1. The van der Waals surface area contributed by atoms with Crippen molar-refractivity contribution < 1.29 is 4.79 Å². The maximum absolute atomic E-state index is 11.4. The van der Waals surface area contributed by atoms with Gasteiger partial charge in [-0.25, -0.2) is 0 Å². The predicted octanol–water partition coefficient (Wildman–Crippen LogP) is 1.51. The first-order valence-corrected chi connectivity index (χ1v) is 7.15. The summed E-state index contributed by atoms with van der Waals surface area (Å²) in [5.41, 5.74) is 13.0. The van der Waals surface area contributed by atoms with Gasteiger partial charge in [0.15, 0.2) is 0 Å². The summed E-state index contributed by atoms with van der Waals surface area (Å²) in [5.74, 6) is 0.132. The number of nitrogens with one attached hydrogen (secondary N) is 1. The lowest BCUT2D eigenvalue weighted by molar-refractivity contribution is 0.100. The molecule has 1 amide bonds. The van der Waals surface area contributed by atoms with Gasteiger partial charge in [0, 0.05) is 19.1 Å². The molecule has 1 aliphatic heterocycles. The Balaban J connectivity index is 2.00. The Kier molecular flexibility index (Phi) is 4.49. The number of likely N-dealkylation sites (tertiary alicyclic amines) is 1. The van der Waals surface area contributed by atoms with Crippen molar-refractivity contribution in [3.05, 3.63) is 23.8 Å². The smallest absolute Gasteiger partial charge is 0.250 e. The molecule has 1 aliphatic rings.